The first-order valence-electron chi connectivity index (χ1n) is 14.3. The third-order valence-electron chi connectivity index (χ3n) is 6.90. The number of carbonyl (C=O) groups is 1. The van der Waals surface area contributed by atoms with Crippen molar-refractivity contribution in [1.29, 1.82) is 5.41 Å². The number of thioether (sulfide) groups is 1. The van der Waals surface area contributed by atoms with Gasteiger partial charge in [-0.3, -0.25) is 10.2 Å². The SMILES string of the molecule is CCOc1cc(/C=C2/C(=N)N3N=C(COc4ccccc4)SC3=NC2=O)cc(Cl)c1OCCOc1ccc(C(C)CC)cc1. The molecule has 2 aliphatic heterocycles. The Morgan fingerprint density at radius 3 is 2.43 bits per heavy atom. The normalized spacial score (nSPS) is 15.9. The van der Waals surface area contributed by atoms with Crippen molar-refractivity contribution in [1.82, 2.24) is 5.01 Å². The quantitative estimate of drug-likeness (QED) is 0.154. The van der Waals surface area contributed by atoms with Crippen LogP contribution in [0.1, 0.15) is 44.2 Å². The van der Waals surface area contributed by atoms with Crippen molar-refractivity contribution in [3.05, 3.63) is 88.5 Å². The zero-order chi connectivity index (χ0) is 31.1. The van der Waals surface area contributed by atoms with Gasteiger partial charge in [0.15, 0.2) is 17.3 Å². The lowest BCUT2D eigenvalue weighted by atomic mass is 9.99. The third kappa shape index (κ3) is 7.43. The van der Waals surface area contributed by atoms with E-state index < -0.39 is 5.91 Å². The number of aliphatic imine (C=N–C) groups is 1. The second-order valence-electron chi connectivity index (χ2n) is 9.95. The fourth-order valence-electron chi connectivity index (χ4n) is 4.42. The van der Waals surface area contributed by atoms with Crippen molar-refractivity contribution in [2.75, 3.05) is 26.4 Å². The number of benzene rings is 3. The van der Waals surface area contributed by atoms with E-state index in [1.165, 1.54) is 22.3 Å². The Morgan fingerprint density at radius 2 is 1.70 bits per heavy atom. The lowest BCUT2D eigenvalue weighted by Gasteiger charge is -2.20. The Hall–Kier alpha value is -4.28. The summed E-state index contributed by atoms with van der Waals surface area (Å²) in [7, 11) is 0. The number of carbonyl (C=O) groups excluding carboxylic acids is 1. The van der Waals surface area contributed by atoms with Crippen LogP contribution in [0.2, 0.25) is 5.02 Å². The number of amidine groups is 2. The molecular weight excluding hydrogens is 600 g/mol. The van der Waals surface area contributed by atoms with E-state index in [1.54, 1.807) is 18.2 Å². The zero-order valence-electron chi connectivity index (χ0n) is 24.7. The number of hydrogen-bond donors (Lipinski definition) is 1. The third-order valence-corrected chi connectivity index (χ3v) is 8.07. The number of ether oxygens (including phenoxy) is 4. The van der Waals surface area contributed by atoms with E-state index in [-0.39, 0.29) is 24.6 Å². The Labute approximate surface area is 266 Å². The van der Waals surface area contributed by atoms with Gasteiger partial charge >= 0.3 is 0 Å². The van der Waals surface area contributed by atoms with Crippen LogP contribution in [0.4, 0.5) is 0 Å². The molecule has 0 fully saturated rings. The molecule has 0 aromatic heterocycles. The van der Waals surface area contributed by atoms with Crippen LogP contribution < -0.4 is 18.9 Å². The second kappa shape index (κ2) is 14.5. The molecule has 9 nitrogen and oxygen atoms in total. The Balaban J connectivity index is 1.25. The Morgan fingerprint density at radius 1 is 0.977 bits per heavy atom. The highest BCUT2D eigenvalue weighted by Crippen LogP contribution is 2.38. The summed E-state index contributed by atoms with van der Waals surface area (Å²) in [6.45, 7) is 7.35. The number of halogens is 1. The smallest absolute Gasteiger partial charge is 0.283 e. The molecule has 5 rings (SSSR count). The van der Waals surface area contributed by atoms with Crippen molar-refractivity contribution in [3.63, 3.8) is 0 Å². The van der Waals surface area contributed by atoms with Gasteiger partial charge in [0, 0.05) is 0 Å². The molecule has 0 aliphatic carbocycles. The predicted molar refractivity (Wildman–Crippen MR) is 176 cm³/mol. The highest BCUT2D eigenvalue weighted by Gasteiger charge is 2.36. The fraction of sp³-hybridized carbons (Fsp3) is 0.273. The van der Waals surface area contributed by atoms with Gasteiger partial charge in [0.2, 0.25) is 5.17 Å². The number of fused-ring (bicyclic) bond motifs is 1. The molecular formula is C33H33ClN4O5S. The zero-order valence-corrected chi connectivity index (χ0v) is 26.3. The molecule has 0 spiro atoms. The predicted octanol–water partition coefficient (Wildman–Crippen LogP) is 7.41. The summed E-state index contributed by atoms with van der Waals surface area (Å²) in [5.74, 6) is 2.12. The first-order chi connectivity index (χ1) is 21.4. The molecule has 0 bridgehead atoms. The van der Waals surface area contributed by atoms with Crippen molar-refractivity contribution in [2.24, 2.45) is 10.1 Å². The van der Waals surface area contributed by atoms with Gasteiger partial charge in [-0.05, 0) is 84.6 Å². The van der Waals surface area contributed by atoms with Crippen LogP contribution in [0.5, 0.6) is 23.0 Å². The number of hydrogen-bond acceptors (Lipinski definition) is 8. The van der Waals surface area contributed by atoms with Crippen LogP contribution >= 0.6 is 23.4 Å². The van der Waals surface area contributed by atoms with Crippen molar-refractivity contribution in [2.45, 2.75) is 33.1 Å². The Bertz CT molecular complexity index is 1610. The Kier molecular flexibility index (Phi) is 10.2. The van der Waals surface area contributed by atoms with E-state index in [0.29, 0.717) is 57.2 Å². The maximum atomic E-state index is 12.9. The van der Waals surface area contributed by atoms with Crippen LogP contribution in [0.25, 0.3) is 6.08 Å². The molecule has 11 heteroatoms. The second-order valence-corrected chi connectivity index (χ2v) is 11.4. The van der Waals surface area contributed by atoms with Gasteiger partial charge in [-0.1, -0.05) is 55.8 Å². The molecule has 2 heterocycles. The lowest BCUT2D eigenvalue weighted by molar-refractivity contribution is -0.114. The van der Waals surface area contributed by atoms with Gasteiger partial charge in [-0.15, -0.1) is 0 Å². The van der Waals surface area contributed by atoms with Crippen LogP contribution in [-0.4, -0.2) is 53.4 Å². The van der Waals surface area contributed by atoms with E-state index in [2.05, 4.69) is 36.1 Å². The van der Waals surface area contributed by atoms with Gasteiger partial charge in [0.1, 0.15) is 36.4 Å². The fourth-order valence-corrected chi connectivity index (χ4v) is 5.50. The summed E-state index contributed by atoms with van der Waals surface area (Å²) in [6, 6.07) is 20.8. The van der Waals surface area contributed by atoms with Gasteiger partial charge in [-0.25, -0.2) is 0 Å². The minimum absolute atomic E-state index is 0.0725. The first kappa shape index (κ1) is 31.2. The largest absolute Gasteiger partial charge is 0.490 e. The number of para-hydroxylation sites is 1. The number of amides is 1. The molecule has 1 atom stereocenters. The molecule has 228 valence electrons. The van der Waals surface area contributed by atoms with Crippen LogP contribution in [-0.2, 0) is 4.79 Å². The minimum Gasteiger partial charge on any atom is -0.490 e. The summed E-state index contributed by atoms with van der Waals surface area (Å²) in [4.78, 5) is 17.1. The maximum Gasteiger partial charge on any atom is 0.283 e. The maximum absolute atomic E-state index is 12.9. The minimum atomic E-state index is -0.544. The first-order valence-corrected chi connectivity index (χ1v) is 15.5. The lowest BCUT2D eigenvalue weighted by Crippen LogP contribution is -2.35. The summed E-state index contributed by atoms with van der Waals surface area (Å²) in [5.41, 5.74) is 1.91. The van der Waals surface area contributed by atoms with Crippen LogP contribution in [0.3, 0.4) is 0 Å². The van der Waals surface area contributed by atoms with E-state index in [4.69, 9.17) is 36.0 Å². The standard InChI is InChI=1S/C33H33ClN4O5S/c1-4-21(3)23-11-13-25(14-12-23)41-15-16-42-30-27(34)18-22(19-28(30)40-5-2)17-26-31(35)38-33(36-32(26)39)44-29(37-38)20-43-24-9-7-6-8-10-24/h6-14,17-19,21,35H,4-5,15-16,20H2,1-3H3/b26-17-,35-31?. The van der Waals surface area contributed by atoms with E-state index in [9.17, 15) is 4.79 Å². The molecule has 0 radical (unpaired) electrons. The molecule has 1 amide bonds. The average Bonchev–Trinajstić information content (AvgIpc) is 3.44. The summed E-state index contributed by atoms with van der Waals surface area (Å²) in [5, 5.41) is 15.7. The van der Waals surface area contributed by atoms with Gasteiger partial charge in [0.25, 0.3) is 5.91 Å². The molecule has 0 saturated heterocycles. The summed E-state index contributed by atoms with van der Waals surface area (Å²) < 4.78 is 23.4. The molecule has 3 aromatic rings. The van der Waals surface area contributed by atoms with Gasteiger partial charge in [0.05, 0.1) is 17.2 Å². The topological polar surface area (TPSA) is 106 Å². The highest BCUT2D eigenvalue weighted by atomic mass is 35.5. The summed E-state index contributed by atoms with van der Waals surface area (Å²) >= 11 is 7.82. The van der Waals surface area contributed by atoms with Crippen LogP contribution in [0, 0.1) is 5.41 Å². The molecule has 1 N–H and O–H groups in total. The number of nitrogens with zero attached hydrogens (tertiary/aromatic N) is 3. The molecule has 3 aromatic carbocycles. The average molecular weight is 633 g/mol. The van der Waals surface area contributed by atoms with Crippen LogP contribution in [0.15, 0.2) is 82.4 Å². The van der Waals surface area contributed by atoms with Gasteiger partial charge < -0.3 is 18.9 Å². The van der Waals surface area contributed by atoms with Crippen molar-refractivity contribution >= 4 is 51.4 Å². The van der Waals surface area contributed by atoms with E-state index in [1.807, 2.05) is 49.4 Å². The number of hydrazone groups is 1. The highest BCUT2D eigenvalue weighted by molar-refractivity contribution is 8.27. The molecule has 2 aliphatic rings. The van der Waals surface area contributed by atoms with Crippen molar-refractivity contribution < 1.29 is 23.7 Å². The van der Waals surface area contributed by atoms with E-state index in [0.717, 1.165) is 12.2 Å². The monoisotopic (exact) mass is 632 g/mol. The number of nitrogens with one attached hydrogen (secondary N) is 1. The van der Waals surface area contributed by atoms with Gasteiger partial charge in [-0.2, -0.15) is 15.1 Å². The molecule has 1 unspecified atom stereocenters. The molecule has 44 heavy (non-hydrogen) atoms. The van der Waals surface area contributed by atoms with E-state index >= 15 is 0 Å². The summed E-state index contributed by atoms with van der Waals surface area (Å²) in [6.07, 6.45) is 2.63. The number of rotatable bonds is 13. The van der Waals surface area contributed by atoms with Crippen molar-refractivity contribution in [3.8, 4) is 23.0 Å². The molecule has 0 saturated carbocycles.